The third-order valence-electron chi connectivity index (χ3n) is 3.85. The standard InChI is InChI=1S/C15H20N4/c1-3-7-12(8-4-1)14(15-16-11-17-19-15)18-13-9-5-2-6-10-13/h1,3-4,7-8,11,13-14,18H,2,5-6,9-10H2,(H,16,17,19). The van der Waals surface area contributed by atoms with Crippen LogP contribution < -0.4 is 5.32 Å². The van der Waals surface area contributed by atoms with Gasteiger partial charge < -0.3 is 5.32 Å². The van der Waals surface area contributed by atoms with Crippen LogP contribution in [-0.4, -0.2) is 21.2 Å². The van der Waals surface area contributed by atoms with Crippen LogP contribution in [0.4, 0.5) is 0 Å². The van der Waals surface area contributed by atoms with Gasteiger partial charge in [-0.25, -0.2) is 4.98 Å². The number of nitrogens with zero attached hydrogens (tertiary/aromatic N) is 2. The molecule has 1 aliphatic rings. The lowest BCUT2D eigenvalue weighted by molar-refractivity contribution is 0.350. The monoisotopic (exact) mass is 256 g/mol. The van der Waals surface area contributed by atoms with Crippen LogP contribution in [0.3, 0.4) is 0 Å². The Labute approximate surface area is 113 Å². The van der Waals surface area contributed by atoms with E-state index in [1.165, 1.54) is 37.7 Å². The largest absolute Gasteiger partial charge is 0.301 e. The second kappa shape index (κ2) is 5.97. The van der Waals surface area contributed by atoms with E-state index in [-0.39, 0.29) is 6.04 Å². The van der Waals surface area contributed by atoms with E-state index in [0.29, 0.717) is 6.04 Å². The fourth-order valence-electron chi connectivity index (χ4n) is 2.84. The number of H-pyrrole nitrogens is 1. The summed E-state index contributed by atoms with van der Waals surface area (Å²) in [6.07, 6.45) is 8.13. The molecule has 0 spiro atoms. The molecule has 0 aliphatic heterocycles. The predicted octanol–water partition coefficient (Wildman–Crippen LogP) is 2.82. The molecule has 0 amide bonds. The summed E-state index contributed by atoms with van der Waals surface area (Å²) < 4.78 is 0. The predicted molar refractivity (Wildman–Crippen MR) is 74.7 cm³/mol. The molecule has 19 heavy (non-hydrogen) atoms. The van der Waals surface area contributed by atoms with Crippen molar-refractivity contribution < 1.29 is 0 Å². The van der Waals surface area contributed by atoms with Gasteiger partial charge in [0.1, 0.15) is 12.2 Å². The molecule has 4 heteroatoms. The van der Waals surface area contributed by atoms with Gasteiger partial charge in [-0.05, 0) is 18.4 Å². The topological polar surface area (TPSA) is 53.6 Å². The van der Waals surface area contributed by atoms with Crippen molar-refractivity contribution in [3.63, 3.8) is 0 Å². The van der Waals surface area contributed by atoms with Crippen molar-refractivity contribution in [1.82, 2.24) is 20.5 Å². The zero-order valence-electron chi connectivity index (χ0n) is 11.0. The van der Waals surface area contributed by atoms with Gasteiger partial charge in [0.25, 0.3) is 0 Å². The van der Waals surface area contributed by atoms with Crippen molar-refractivity contribution in [2.45, 2.75) is 44.2 Å². The van der Waals surface area contributed by atoms with E-state index in [2.05, 4.69) is 44.8 Å². The Morgan fingerprint density at radius 2 is 1.89 bits per heavy atom. The molecule has 0 radical (unpaired) electrons. The molecule has 4 nitrogen and oxygen atoms in total. The van der Waals surface area contributed by atoms with Crippen molar-refractivity contribution >= 4 is 0 Å². The lowest BCUT2D eigenvalue weighted by Crippen LogP contribution is -2.35. The second-order valence-electron chi connectivity index (χ2n) is 5.22. The van der Waals surface area contributed by atoms with Gasteiger partial charge in [-0.2, -0.15) is 5.10 Å². The van der Waals surface area contributed by atoms with E-state index in [0.717, 1.165) is 5.82 Å². The number of benzene rings is 1. The summed E-state index contributed by atoms with van der Waals surface area (Å²) in [5.41, 5.74) is 1.24. The molecule has 0 bridgehead atoms. The number of nitrogens with one attached hydrogen (secondary N) is 2. The van der Waals surface area contributed by atoms with Gasteiger partial charge in [0.2, 0.25) is 0 Å². The molecule has 1 atom stereocenters. The number of aromatic amines is 1. The quantitative estimate of drug-likeness (QED) is 0.884. The van der Waals surface area contributed by atoms with Gasteiger partial charge >= 0.3 is 0 Å². The Balaban J connectivity index is 1.80. The van der Waals surface area contributed by atoms with Crippen LogP contribution in [-0.2, 0) is 0 Å². The van der Waals surface area contributed by atoms with Gasteiger partial charge in [0, 0.05) is 6.04 Å². The summed E-state index contributed by atoms with van der Waals surface area (Å²) in [6.45, 7) is 0. The lowest BCUT2D eigenvalue weighted by atomic mass is 9.94. The maximum absolute atomic E-state index is 4.33. The van der Waals surface area contributed by atoms with E-state index in [1.54, 1.807) is 6.33 Å². The highest BCUT2D eigenvalue weighted by Crippen LogP contribution is 2.24. The van der Waals surface area contributed by atoms with Crippen LogP contribution in [0.5, 0.6) is 0 Å². The van der Waals surface area contributed by atoms with E-state index >= 15 is 0 Å². The normalized spacial score (nSPS) is 18.3. The Morgan fingerprint density at radius 1 is 1.11 bits per heavy atom. The Hall–Kier alpha value is -1.68. The summed E-state index contributed by atoms with van der Waals surface area (Å²) in [6, 6.07) is 11.2. The average molecular weight is 256 g/mol. The van der Waals surface area contributed by atoms with Gasteiger partial charge in [-0.3, -0.25) is 5.10 Å². The minimum absolute atomic E-state index is 0.117. The van der Waals surface area contributed by atoms with Crippen LogP contribution in [0.15, 0.2) is 36.7 Å². The first-order chi connectivity index (χ1) is 9.43. The van der Waals surface area contributed by atoms with Crippen LogP contribution in [0, 0.1) is 0 Å². The van der Waals surface area contributed by atoms with Crippen molar-refractivity contribution in [2.75, 3.05) is 0 Å². The minimum Gasteiger partial charge on any atom is -0.301 e. The smallest absolute Gasteiger partial charge is 0.145 e. The molecule has 3 rings (SSSR count). The van der Waals surface area contributed by atoms with Gasteiger partial charge in [-0.1, -0.05) is 49.6 Å². The molecule has 1 aliphatic carbocycles. The molecule has 100 valence electrons. The fraction of sp³-hybridized carbons (Fsp3) is 0.467. The number of aromatic nitrogens is 3. The molecule has 2 N–H and O–H groups in total. The molecule has 1 fully saturated rings. The maximum atomic E-state index is 4.33. The first-order valence-electron chi connectivity index (χ1n) is 7.10. The summed E-state index contributed by atoms with van der Waals surface area (Å²) in [5.74, 6) is 0.900. The molecule has 2 aromatic rings. The van der Waals surface area contributed by atoms with Crippen molar-refractivity contribution in [3.8, 4) is 0 Å². The van der Waals surface area contributed by atoms with Gasteiger partial charge in [0.05, 0.1) is 6.04 Å². The van der Waals surface area contributed by atoms with Crippen molar-refractivity contribution in [2.24, 2.45) is 0 Å². The molecule has 1 unspecified atom stereocenters. The molecule has 1 aromatic heterocycles. The van der Waals surface area contributed by atoms with E-state index in [9.17, 15) is 0 Å². The third kappa shape index (κ3) is 3.01. The van der Waals surface area contributed by atoms with Crippen LogP contribution >= 0.6 is 0 Å². The lowest BCUT2D eigenvalue weighted by Gasteiger charge is -2.27. The maximum Gasteiger partial charge on any atom is 0.145 e. The van der Waals surface area contributed by atoms with E-state index in [4.69, 9.17) is 0 Å². The second-order valence-corrected chi connectivity index (χ2v) is 5.22. The summed E-state index contributed by atoms with van der Waals surface area (Å²) in [4.78, 5) is 4.33. The third-order valence-corrected chi connectivity index (χ3v) is 3.85. The van der Waals surface area contributed by atoms with Crippen molar-refractivity contribution in [3.05, 3.63) is 48.0 Å². The SMILES string of the molecule is c1ccc(C(NC2CCCCC2)c2ncn[nH]2)cc1. The van der Waals surface area contributed by atoms with Crippen LogP contribution in [0.1, 0.15) is 49.5 Å². The number of rotatable bonds is 4. The first-order valence-corrected chi connectivity index (χ1v) is 7.10. The van der Waals surface area contributed by atoms with Gasteiger partial charge in [0.15, 0.2) is 0 Å². The molecular formula is C15H20N4. The Morgan fingerprint density at radius 3 is 2.58 bits per heavy atom. The summed E-state index contributed by atoms with van der Waals surface area (Å²) in [7, 11) is 0. The number of hydrogen-bond acceptors (Lipinski definition) is 3. The van der Waals surface area contributed by atoms with E-state index < -0.39 is 0 Å². The zero-order chi connectivity index (χ0) is 12.9. The van der Waals surface area contributed by atoms with Crippen LogP contribution in [0.2, 0.25) is 0 Å². The minimum atomic E-state index is 0.117. The molecular weight excluding hydrogens is 236 g/mol. The van der Waals surface area contributed by atoms with Crippen LogP contribution in [0.25, 0.3) is 0 Å². The first kappa shape index (κ1) is 12.4. The summed E-state index contributed by atoms with van der Waals surface area (Å²) in [5, 5.41) is 10.7. The summed E-state index contributed by atoms with van der Waals surface area (Å²) >= 11 is 0. The fourth-order valence-corrected chi connectivity index (χ4v) is 2.84. The molecule has 0 saturated heterocycles. The molecule has 1 saturated carbocycles. The Kier molecular flexibility index (Phi) is 3.89. The average Bonchev–Trinajstić information content (AvgIpc) is 3.01. The van der Waals surface area contributed by atoms with E-state index in [1.807, 2.05) is 6.07 Å². The highest BCUT2D eigenvalue weighted by molar-refractivity contribution is 5.24. The van der Waals surface area contributed by atoms with Crippen molar-refractivity contribution in [1.29, 1.82) is 0 Å². The zero-order valence-corrected chi connectivity index (χ0v) is 11.0. The molecule has 1 heterocycles. The Bertz CT molecular complexity index is 474. The van der Waals surface area contributed by atoms with Gasteiger partial charge in [-0.15, -0.1) is 0 Å². The molecule has 1 aromatic carbocycles. The highest BCUT2D eigenvalue weighted by Gasteiger charge is 2.22. The number of hydrogen-bond donors (Lipinski definition) is 2. The highest BCUT2D eigenvalue weighted by atomic mass is 15.2.